The molecule has 3 aromatic rings. The zero-order valence-electron chi connectivity index (χ0n) is 14.4. The third-order valence-corrected chi connectivity index (χ3v) is 3.91. The lowest BCUT2D eigenvalue weighted by Crippen LogP contribution is -2.21. The number of nitrogens with zero attached hydrogens (tertiary/aromatic N) is 5. The molecule has 0 aliphatic carbocycles. The summed E-state index contributed by atoms with van der Waals surface area (Å²) in [4.78, 5) is 13.6. The predicted molar refractivity (Wildman–Crippen MR) is 92.8 cm³/mol. The van der Waals surface area contributed by atoms with E-state index in [0.29, 0.717) is 12.4 Å². The summed E-state index contributed by atoms with van der Waals surface area (Å²) < 4.78 is 6.92. The van der Waals surface area contributed by atoms with E-state index >= 15 is 0 Å². The summed E-state index contributed by atoms with van der Waals surface area (Å²) in [6.45, 7) is 4.56. The van der Waals surface area contributed by atoms with Gasteiger partial charge in [-0.05, 0) is 25.5 Å². The minimum atomic E-state index is 0.173. The van der Waals surface area contributed by atoms with E-state index in [1.54, 1.807) is 18.0 Å². The number of rotatable bonds is 6. The van der Waals surface area contributed by atoms with Crippen LogP contribution in [0.15, 0.2) is 24.5 Å². The highest BCUT2D eigenvalue weighted by Gasteiger charge is 2.14. The van der Waals surface area contributed by atoms with Crippen LogP contribution in [0.25, 0.3) is 11.0 Å². The van der Waals surface area contributed by atoms with Gasteiger partial charge in [-0.15, -0.1) is 0 Å². The molecule has 0 spiro atoms. The van der Waals surface area contributed by atoms with Gasteiger partial charge in [0.2, 0.25) is 0 Å². The maximum absolute atomic E-state index is 5.17. The van der Waals surface area contributed by atoms with E-state index in [4.69, 9.17) is 4.74 Å². The Labute approximate surface area is 141 Å². The normalized spacial score (nSPS) is 12.5. The number of nitrogens with one attached hydrogen (secondary N) is 1. The second-order valence-corrected chi connectivity index (χ2v) is 5.94. The number of anilines is 1. The van der Waals surface area contributed by atoms with E-state index in [1.807, 2.05) is 19.3 Å². The van der Waals surface area contributed by atoms with Crippen LogP contribution < -0.4 is 5.32 Å². The molecule has 1 N–H and O–H groups in total. The van der Waals surface area contributed by atoms with Crippen LogP contribution in [0, 0.1) is 6.92 Å². The molecule has 0 unspecified atom stereocenters. The van der Waals surface area contributed by atoms with Gasteiger partial charge in [0.05, 0.1) is 11.6 Å². The van der Waals surface area contributed by atoms with Crippen molar-refractivity contribution in [3.8, 4) is 0 Å². The summed E-state index contributed by atoms with van der Waals surface area (Å²) in [6.07, 6.45) is 4.43. The van der Waals surface area contributed by atoms with Crippen LogP contribution in [-0.2, 0) is 24.8 Å². The first kappa shape index (κ1) is 16.3. The van der Waals surface area contributed by atoms with Crippen LogP contribution >= 0.6 is 0 Å². The first-order valence-electron chi connectivity index (χ1n) is 7.93. The van der Waals surface area contributed by atoms with Crippen molar-refractivity contribution < 1.29 is 4.74 Å². The molecule has 3 rings (SSSR count). The Balaban J connectivity index is 1.87. The van der Waals surface area contributed by atoms with Gasteiger partial charge < -0.3 is 10.1 Å². The molecule has 0 amide bonds. The summed E-state index contributed by atoms with van der Waals surface area (Å²) in [6, 6.07) is 4.21. The molecule has 7 heteroatoms. The van der Waals surface area contributed by atoms with E-state index in [0.717, 1.165) is 29.0 Å². The lowest BCUT2D eigenvalue weighted by atomic mass is 10.1. The number of fused-ring (bicyclic) bond motifs is 1. The van der Waals surface area contributed by atoms with Gasteiger partial charge in [0.1, 0.15) is 12.4 Å². The standard InChI is InChI=1S/C17H22N6O/c1-11-6-5-7-18-14(11)8-12(2)20-16-13-9-19-23(3)17(13)22-15(21-16)10-24-4/h5-7,9,12H,8,10H2,1-4H3,(H,20,21,22)/t12-/m1/s1. The summed E-state index contributed by atoms with van der Waals surface area (Å²) in [5.41, 5.74) is 3.08. The number of hydrogen-bond donors (Lipinski definition) is 1. The number of aryl methyl sites for hydroxylation is 2. The van der Waals surface area contributed by atoms with Crippen molar-refractivity contribution in [3.05, 3.63) is 41.6 Å². The Hall–Kier alpha value is -2.54. The molecule has 0 saturated heterocycles. The average molecular weight is 326 g/mol. The molecule has 0 bridgehead atoms. The summed E-state index contributed by atoms with van der Waals surface area (Å²) in [7, 11) is 3.51. The Morgan fingerprint density at radius 2 is 2.17 bits per heavy atom. The average Bonchev–Trinajstić information content (AvgIpc) is 2.92. The molecular formula is C17H22N6O. The molecule has 0 radical (unpaired) electrons. The van der Waals surface area contributed by atoms with E-state index in [-0.39, 0.29) is 6.04 Å². The molecule has 0 saturated carbocycles. The highest BCUT2D eigenvalue weighted by atomic mass is 16.5. The number of ether oxygens (including phenoxy) is 1. The van der Waals surface area contributed by atoms with Gasteiger partial charge in [-0.1, -0.05) is 6.07 Å². The third-order valence-electron chi connectivity index (χ3n) is 3.91. The van der Waals surface area contributed by atoms with Crippen LogP contribution in [0.3, 0.4) is 0 Å². The van der Waals surface area contributed by atoms with Gasteiger partial charge in [0, 0.05) is 38.5 Å². The fraction of sp³-hybridized carbons (Fsp3) is 0.412. The monoisotopic (exact) mass is 326 g/mol. The topological polar surface area (TPSA) is 77.8 Å². The number of methoxy groups -OCH3 is 1. The van der Waals surface area contributed by atoms with Crippen molar-refractivity contribution >= 4 is 16.9 Å². The molecule has 24 heavy (non-hydrogen) atoms. The van der Waals surface area contributed by atoms with Crippen LogP contribution in [0.5, 0.6) is 0 Å². The quantitative estimate of drug-likeness (QED) is 0.748. The summed E-state index contributed by atoms with van der Waals surface area (Å²) >= 11 is 0. The highest BCUT2D eigenvalue weighted by Crippen LogP contribution is 2.21. The largest absolute Gasteiger partial charge is 0.377 e. The zero-order chi connectivity index (χ0) is 17.1. The molecule has 0 fully saturated rings. The van der Waals surface area contributed by atoms with Crippen LogP contribution in [0.4, 0.5) is 5.82 Å². The maximum Gasteiger partial charge on any atom is 0.163 e. The molecule has 3 heterocycles. The van der Waals surface area contributed by atoms with Crippen molar-refractivity contribution in [1.29, 1.82) is 0 Å². The van der Waals surface area contributed by atoms with E-state index < -0.39 is 0 Å². The molecule has 0 aliphatic heterocycles. The lowest BCUT2D eigenvalue weighted by molar-refractivity contribution is 0.178. The van der Waals surface area contributed by atoms with Gasteiger partial charge in [-0.25, -0.2) is 9.97 Å². The second-order valence-electron chi connectivity index (χ2n) is 5.94. The molecule has 3 aromatic heterocycles. The molecule has 7 nitrogen and oxygen atoms in total. The lowest BCUT2D eigenvalue weighted by Gasteiger charge is -2.16. The third kappa shape index (κ3) is 3.35. The smallest absolute Gasteiger partial charge is 0.163 e. The van der Waals surface area contributed by atoms with Crippen molar-refractivity contribution in [1.82, 2.24) is 24.7 Å². The Morgan fingerprint density at radius 3 is 2.92 bits per heavy atom. The maximum atomic E-state index is 5.17. The molecule has 126 valence electrons. The van der Waals surface area contributed by atoms with Crippen molar-refractivity contribution in [2.75, 3.05) is 12.4 Å². The molecule has 0 aromatic carbocycles. The number of aromatic nitrogens is 5. The van der Waals surface area contributed by atoms with Crippen molar-refractivity contribution in [2.45, 2.75) is 32.9 Å². The Kier molecular flexibility index (Phi) is 4.71. The number of hydrogen-bond acceptors (Lipinski definition) is 6. The molecule has 0 aliphatic rings. The van der Waals surface area contributed by atoms with Crippen molar-refractivity contribution in [3.63, 3.8) is 0 Å². The minimum absolute atomic E-state index is 0.173. The fourth-order valence-corrected chi connectivity index (χ4v) is 2.68. The molecular weight excluding hydrogens is 304 g/mol. The van der Waals surface area contributed by atoms with Gasteiger partial charge in [-0.2, -0.15) is 5.10 Å². The fourth-order valence-electron chi connectivity index (χ4n) is 2.68. The van der Waals surface area contributed by atoms with E-state index in [2.05, 4.69) is 45.3 Å². The first-order chi connectivity index (χ1) is 11.6. The Morgan fingerprint density at radius 1 is 1.33 bits per heavy atom. The van der Waals surface area contributed by atoms with Crippen LogP contribution in [0.1, 0.15) is 24.0 Å². The van der Waals surface area contributed by atoms with Gasteiger partial charge in [-0.3, -0.25) is 9.67 Å². The van der Waals surface area contributed by atoms with Gasteiger partial charge in [0.15, 0.2) is 11.5 Å². The number of pyridine rings is 1. The Bertz CT molecular complexity index is 844. The SMILES string of the molecule is COCc1nc(N[C@H](C)Cc2ncccc2C)c2cnn(C)c2n1. The summed E-state index contributed by atoms with van der Waals surface area (Å²) in [5.74, 6) is 1.42. The van der Waals surface area contributed by atoms with E-state index in [9.17, 15) is 0 Å². The van der Waals surface area contributed by atoms with Crippen molar-refractivity contribution in [2.24, 2.45) is 7.05 Å². The molecule has 1 atom stereocenters. The van der Waals surface area contributed by atoms with E-state index in [1.165, 1.54) is 5.56 Å². The second kappa shape index (κ2) is 6.92. The van der Waals surface area contributed by atoms with Crippen LogP contribution in [-0.4, -0.2) is 37.9 Å². The predicted octanol–water partition coefficient (Wildman–Crippen LogP) is 2.26. The summed E-state index contributed by atoms with van der Waals surface area (Å²) in [5, 5.41) is 8.66. The zero-order valence-corrected chi connectivity index (χ0v) is 14.4. The minimum Gasteiger partial charge on any atom is -0.377 e. The highest BCUT2D eigenvalue weighted by molar-refractivity contribution is 5.86. The first-order valence-corrected chi connectivity index (χ1v) is 7.93. The van der Waals surface area contributed by atoms with Gasteiger partial charge in [0.25, 0.3) is 0 Å². The van der Waals surface area contributed by atoms with Crippen LogP contribution in [0.2, 0.25) is 0 Å². The van der Waals surface area contributed by atoms with Gasteiger partial charge >= 0.3 is 0 Å².